The van der Waals surface area contributed by atoms with Crippen molar-refractivity contribution >= 4 is 23.5 Å². The van der Waals surface area contributed by atoms with Gasteiger partial charge >= 0.3 is 5.97 Å². The van der Waals surface area contributed by atoms with Crippen LogP contribution in [0.25, 0.3) is 0 Å². The van der Waals surface area contributed by atoms with Crippen LogP contribution in [0.4, 0.5) is 5.82 Å². The summed E-state index contributed by atoms with van der Waals surface area (Å²) in [6.07, 6.45) is 1.73. The minimum atomic E-state index is -1.20. The van der Waals surface area contributed by atoms with Crippen molar-refractivity contribution in [3.05, 3.63) is 95.7 Å². The Bertz CT molecular complexity index is 1110. The van der Waals surface area contributed by atoms with Crippen molar-refractivity contribution in [3.8, 4) is 0 Å². The number of amides is 1. The lowest BCUT2D eigenvalue weighted by atomic mass is 9.61. The molecule has 4 N–H and O–H groups in total. The number of nitrogens with zero attached hydrogens (tertiary/aromatic N) is 1. The predicted octanol–water partition coefficient (Wildman–Crippen LogP) is 2.67. The lowest BCUT2D eigenvalue weighted by Crippen LogP contribution is -2.58. The second-order valence-electron chi connectivity index (χ2n) is 8.26. The molecule has 0 spiro atoms. The number of hydrogen-bond donors (Lipinski definition) is 3. The number of Topliss-reactive ketones (excluding diaryl/α,β-unsaturated/α-hetero) is 1. The minimum absolute atomic E-state index is 0.120. The number of benzene rings is 2. The molecule has 3 atom stereocenters. The number of hydrogen-bond acceptors (Lipinski definition) is 5. The lowest BCUT2D eigenvalue weighted by Gasteiger charge is -2.39. The number of aromatic nitrogens is 1. The second kappa shape index (κ2) is 9.65. The zero-order chi connectivity index (χ0) is 23.4. The summed E-state index contributed by atoms with van der Waals surface area (Å²) < 4.78 is 0. The Hall–Kier alpha value is -4.00. The number of ketones is 1. The van der Waals surface area contributed by atoms with E-state index in [0.29, 0.717) is 5.82 Å². The smallest absolute Gasteiger partial charge is 0.308 e. The highest BCUT2D eigenvalue weighted by molar-refractivity contribution is 6.12. The van der Waals surface area contributed by atoms with Crippen LogP contribution >= 0.6 is 0 Å². The molecule has 168 valence electrons. The Kier molecular flexibility index (Phi) is 6.49. The van der Waals surface area contributed by atoms with E-state index >= 15 is 0 Å². The molecule has 7 nitrogen and oxygen atoms in total. The molecule has 0 saturated heterocycles. The number of nitrogen functional groups attached to an aromatic ring is 1. The SMILES string of the molecule is Nc1cc(C[C@H]2C(=O)C(C(=O)NCC(c3ccccc3)c3ccccc3)[C@@H]2C(=O)O)ccn1. The summed E-state index contributed by atoms with van der Waals surface area (Å²) in [5.74, 6) is -4.90. The Morgan fingerprint density at radius 3 is 2.15 bits per heavy atom. The number of anilines is 1. The largest absolute Gasteiger partial charge is 0.481 e. The highest BCUT2D eigenvalue weighted by Crippen LogP contribution is 2.40. The molecule has 1 fully saturated rings. The fourth-order valence-electron chi connectivity index (χ4n) is 4.52. The Morgan fingerprint density at radius 1 is 1.00 bits per heavy atom. The van der Waals surface area contributed by atoms with Crippen molar-refractivity contribution < 1.29 is 19.5 Å². The third-order valence-electron chi connectivity index (χ3n) is 6.22. The Labute approximate surface area is 191 Å². The number of nitrogens with two attached hydrogens (primary N) is 1. The van der Waals surface area contributed by atoms with Gasteiger partial charge in [-0.15, -0.1) is 0 Å². The first-order valence-electron chi connectivity index (χ1n) is 10.8. The maximum absolute atomic E-state index is 12.9. The summed E-state index contributed by atoms with van der Waals surface area (Å²) in [6, 6.07) is 22.8. The molecule has 33 heavy (non-hydrogen) atoms. The first kappa shape index (κ1) is 22.2. The van der Waals surface area contributed by atoms with Gasteiger partial charge in [0, 0.05) is 24.6 Å². The maximum atomic E-state index is 12.9. The fourth-order valence-corrected chi connectivity index (χ4v) is 4.52. The third-order valence-corrected chi connectivity index (χ3v) is 6.22. The van der Waals surface area contributed by atoms with E-state index < -0.39 is 29.6 Å². The van der Waals surface area contributed by atoms with E-state index in [0.717, 1.165) is 16.7 Å². The second-order valence-corrected chi connectivity index (χ2v) is 8.26. The number of aliphatic carboxylic acids is 1. The maximum Gasteiger partial charge on any atom is 0.308 e. The van der Waals surface area contributed by atoms with Gasteiger partial charge in [0.15, 0.2) is 5.78 Å². The summed E-state index contributed by atoms with van der Waals surface area (Å²) in [5.41, 5.74) is 8.45. The van der Waals surface area contributed by atoms with Crippen LogP contribution in [-0.4, -0.2) is 34.3 Å². The van der Waals surface area contributed by atoms with Crippen LogP contribution in [0.1, 0.15) is 22.6 Å². The normalized spacial score (nSPS) is 19.7. The lowest BCUT2D eigenvalue weighted by molar-refractivity contribution is -0.166. The summed E-state index contributed by atoms with van der Waals surface area (Å²) in [4.78, 5) is 41.6. The number of carbonyl (C=O) groups excluding carboxylic acids is 2. The van der Waals surface area contributed by atoms with Gasteiger partial charge in [0.2, 0.25) is 5.91 Å². The van der Waals surface area contributed by atoms with E-state index in [-0.39, 0.29) is 24.7 Å². The fraction of sp³-hybridized carbons (Fsp3) is 0.231. The quantitative estimate of drug-likeness (QED) is 0.460. The molecular formula is C26H25N3O4. The molecule has 1 saturated carbocycles. The van der Waals surface area contributed by atoms with Crippen molar-refractivity contribution in [2.24, 2.45) is 17.8 Å². The van der Waals surface area contributed by atoms with E-state index in [1.165, 1.54) is 6.20 Å². The average Bonchev–Trinajstić information content (AvgIpc) is 2.82. The summed E-state index contributed by atoms with van der Waals surface area (Å²) in [5, 5.41) is 12.6. The monoisotopic (exact) mass is 443 g/mol. The van der Waals surface area contributed by atoms with E-state index in [2.05, 4.69) is 10.3 Å². The van der Waals surface area contributed by atoms with E-state index in [1.54, 1.807) is 12.1 Å². The topological polar surface area (TPSA) is 122 Å². The molecule has 1 amide bonds. The molecule has 1 aliphatic carbocycles. The highest BCUT2D eigenvalue weighted by atomic mass is 16.4. The first-order chi connectivity index (χ1) is 16.0. The average molecular weight is 444 g/mol. The van der Waals surface area contributed by atoms with Crippen LogP contribution in [0.5, 0.6) is 0 Å². The molecule has 1 aliphatic rings. The molecule has 0 aliphatic heterocycles. The van der Waals surface area contributed by atoms with Crippen LogP contribution in [0.15, 0.2) is 79.0 Å². The molecule has 1 heterocycles. The third kappa shape index (κ3) is 4.77. The minimum Gasteiger partial charge on any atom is -0.481 e. The number of pyridine rings is 1. The van der Waals surface area contributed by atoms with E-state index in [1.807, 2.05) is 60.7 Å². The van der Waals surface area contributed by atoms with Gasteiger partial charge in [-0.3, -0.25) is 14.4 Å². The number of nitrogens with one attached hydrogen (secondary N) is 1. The molecule has 7 heteroatoms. The van der Waals surface area contributed by atoms with Gasteiger partial charge in [0.1, 0.15) is 11.7 Å². The molecule has 1 aromatic heterocycles. The summed E-state index contributed by atoms with van der Waals surface area (Å²) in [6.45, 7) is 0.258. The number of rotatable bonds is 8. The predicted molar refractivity (Wildman–Crippen MR) is 123 cm³/mol. The van der Waals surface area contributed by atoms with Crippen LogP contribution in [0, 0.1) is 17.8 Å². The van der Waals surface area contributed by atoms with Gasteiger partial charge in [-0.05, 0) is 35.2 Å². The van der Waals surface area contributed by atoms with Crippen molar-refractivity contribution in [2.45, 2.75) is 12.3 Å². The van der Waals surface area contributed by atoms with Crippen LogP contribution in [0.3, 0.4) is 0 Å². The van der Waals surface area contributed by atoms with E-state index in [4.69, 9.17) is 5.73 Å². The summed E-state index contributed by atoms with van der Waals surface area (Å²) >= 11 is 0. The van der Waals surface area contributed by atoms with Crippen molar-refractivity contribution in [1.82, 2.24) is 10.3 Å². The molecular weight excluding hydrogens is 418 g/mol. The Balaban J connectivity index is 1.47. The highest BCUT2D eigenvalue weighted by Gasteiger charge is 2.57. The van der Waals surface area contributed by atoms with E-state index in [9.17, 15) is 19.5 Å². The number of carboxylic acids is 1. The van der Waals surface area contributed by atoms with Gasteiger partial charge in [-0.2, -0.15) is 0 Å². The van der Waals surface area contributed by atoms with Gasteiger partial charge in [0.25, 0.3) is 0 Å². The molecule has 1 unspecified atom stereocenters. The molecule has 0 bridgehead atoms. The van der Waals surface area contributed by atoms with Crippen molar-refractivity contribution in [2.75, 3.05) is 12.3 Å². The molecule has 3 aromatic rings. The van der Waals surface area contributed by atoms with Gasteiger partial charge < -0.3 is 16.2 Å². The van der Waals surface area contributed by atoms with Gasteiger partial charge in [0.05, 0.1) is 5.92 Å². The van der Waals surface area contributed by atoms with Gasteiger partial charge in [-0.1, -0.05) is 60.7 Å². The standard InChI is InChI=1S/C26H25N3O4/c27-21-14-16(11-12-28-21)13-19-22(26(32)33)23(24(19)30)25(31)29-15-20(17-7-3-1-4-8-17)18-9-5-2-6-10-18/h1-12,14,19-20,22-23H,13,15H2,(H2,27,28)(H,29,31)(H,32,33)/t19-,22-,23?/m1/s1. The zero-order valence-corrected chi connectivity index (χ0v) is 17.9. The zero-order valence-electron chi connectivity index (χ0n) is 17.9. The van der Waals surface area contributed by atoms with Gasteiger partial charge in [-0.25, -0.2) is 4.98 Å². The van der Waals surface area contributed by atoms with Crippen molar-refractivity contribution in [1.29, 1.82) is 0 Å². The molecule has 0 radical (unpaired) electrons. The number of carbonyl (C=O) groups is 3. The van der Waals surface area contributed by atoms with Crippen molar-refractivity contribution in [3.63, 3.8) is 0 Å². The molecule has 4 rings (SSSR count). The Morgan fingerprint density at radius 2 is 1.61 bits per heavy atom. The van der Waals surface area contributed by atoms with Crippen LogP contribution in [0.2, 0.25) is 0 Å². The van der Waals surface area contributed by atoms with Crippen LogP contribution < -0.4 is 11.1 Å². The molecule has 2 aromatic carbocycles. The number of carboxylic acid groups (broad SMARTS) is 1. The summed E-state index contributed by atoms with van der Waals surface area (Å²) in [7, 11) is 0. The van der Waals surface area contributed by atoms with Crippen LogP contribution in [-0.2, 0) is 20.8 Å². The first-order valence-corrected chi connectivity index (χ1v) is 10.8.